The highest BCUT2D eigenvalue weighted by atomic mass is 79.9. The molecule has 78 valence electrons. The Kier molecular flexibility index (Phi) is 3.26. The van der Waals surface area contributed by atoms with E-state index in [0.29, 0.717) is 5.92 Å². The minimum atomic E-state index is 0.635. The number of alkyl halides is 1. The molecule has 2 nitrogen and oxygen atoms in total. The molecule has 1 saturated carbocycles. The van der Waals surface area contributed by atoms with Crippen LogP contribution in [0.4, 0.5) is 0 Å². The third kappa shape index (κ3) is 2.19. The summed E-state index contributed by atoms with van der Waals surface area (Å²) < 4.78 is 5.21. The maximum absolute atomic E-state index is 5.21. The Morgan fingerprint density at radius 2 is 2.43 bits per heavy atom. The minimum absolute atomic E-state index is 0.635. The predicted octanol–water partition coefficient (Wildman–Crippen LogP) is 3.86. The van der Waals surface area contributed by atoms with E-state index in [0.717, 1.165) is 22.7 Å². The van der Waals surface area contributed by atoms with Crippen LogP contribution in [0.5, 0.6) is 0 Å². The van der Waals surface area contributed by atoms with Crippen LogP contribution in [0.2, 0.25) is 0 Å². The molecule has 14 heavy (non-hydrogen) atoms. The maximum Gasteiger partial charge on any atom is 0.147 e. The van der Waals surface area contributed by atoms with Crippen LogP contribution in [-0.2, 0) is 5.33 Å². The highest BCUT2D eigenvalue weighted by Crippen LogP contribution is 2.35. The van der Waals surface area contributed by atoms with Crippen LogP contribution in [0.1, 0.15) is 50.0 Å². The predicted molar refractivity (Wildman–Crippen MR) is 59.5 cm³/mol. The van der Waals surface area contributed by atoms with Crippen LogP contribution < -0.4 is 0 Å². The molecule has 1 fully saturated rings. The van der Waals surface area contributed by atoms with Crippen molar-refractivity contribution in [1.29, 1.82) is 0 Å². The summed E-state index contributed by atoms with van der Waals surface area (Å²) in [7, 11) is 0. The first-order chi connectivity index (χ1) is 6.79. The lowest BCUT2D eigenvalue weighted by Gasteiger charge is -2.24. The molecular weight excluding hydrogens is 242 g/mol. The lowest BCUT2D eigenvalue weighted by Crippen LogP contribution is -2.11. The van der Waals surface area contributed by atoms with Gasteiger partial charge < -0.3 is 4.52 Å². The molecule has 0 spiro atoms. The van der Waals surface area contributed by atoms with Gasteiger partial charge in [0.05, 0.1) is 11.0 Å². The van der Waals surface area contributed by atoms with Crippen LogP contribution >= 0.6 is 15.9 Å². The lowest BCUT2D eigenvalue weighted by atomic mass is 9.81. The second-order valence-electron chi connectivity index (χ2n) is 4.32. The van der Waals surface area contributed by atoms with Gasteiger partial charge in [-0.05, 0) is 18.8 Å². The highest BCUT2D eigenvalue weighted by molar-refractivity contribution is 9.08. The molecular formula is C11H16BrNO. The monoisotopic (exact) mass is 257 g/mol. The molecule has 2 rings (SSSR count). The SMILES string of the molecule is CC1CCCC(c2cc(CBr)on2)C1. The summed E-state index contributed by atoms with van der Waals surface area (Å²) in [6.07, 6.45) is 5.26. The maximum atomic E-state index is 5.21. The molecule has 0 bridgehead atoms. The van der Waals surface area contributed by atoms with E-state index in [-0.39, 0.29) is 0 Å². The topological polar surface area (TPSA) is 26.0 Å². The van der Waals surface area contributed by atoms with E-state index >= 15 is 0 Å². The van der Waals surface area contributed by atoms with Crippen molar-refractivity contribution in [1.82, 2.24) is 5.16 Å². The number of hydrogen-bond donors (Lipinski definition) is 0. The van der Waals surface area contributed by atoms with Gasteiger partial charge in [-0.1, -0.05) is 40.9 Å². The third-order valence-corrected chi connectivity index (χ3v) is 3.62. The number of rotatable bonds is 2. The molecule has 2 atom stereocenters. The molecule has 1 aliphatic rings. The fraction of sp³-hybridized carbons (Fsp3) is 0.727. The van der Waals surface area contributed by atoms with Crippen LogP contribution in [0.3, 0.4) is 0 Å². The van der Waals surface area contributed by atoms with E-state index in [1.165, 1.54) is 25.7 Å². The Labute approximate surface area is 93.2 Å². The zero-order valence-corrected chi connectivity index (χ0v) is 10.1. The minimum Gasteiger partial charge on any atom is -0.360 e. The van der Waals surface area contributed by atoms with Crippen molar-refractivity contribution in [2.45, 2.75) is 43.9 Å². The molecule has 0 amide bonds. The molecule has 0 saturated heterocycles. The second kappa shape index (κ2) is 4.47. The van der Waals surface area contributed by atoms with Crippen molar-refractivity contribution < 1.29 is 4.52 Å². The molecule has 0 aliphatic heterocycles. The molecule has 1 aromatic heterocycles. The Morgan fingerprint density at radius 1 is 1.57 bits per heavy atom. The van der Waals surface area contributed by atoms with Gasteiger partial charge in [-0.15, -0.1) is 0 Å². The van der Waals surface area contributed by atoms with Gasteiger partial charge in [0.15, 0.2) is 0 Å². The summed E-state index contributed by atoms with van der Waals surface area (Å²) in [5.41, 5.74) is 1.16. The first-order valence-electron chi connectivity index (χ1n) is 5.31. The first-order valence-corrected chi connectivity index (χ1v) is 6.43. The van der Waals surface area contributed by atoms with E-state index in [2.05, 4.69) is 34.1 Å². The molecule has 1 aliphatic carbocycles. The van der Waals surface area contributed by atoms with Crippen LogP contribution in [0.25, 0.3) is 0 Å². The number of halogens is 1. The zero-order chi connectivity index (χ0) is 9.97. The van der Waals surface area contributed by atoms with Gasteiger partial charge in [-0.25, -0.2) is 0 Å². The van der Waals surface area contributed by atoms with Gasteiger partial charge in [0.25, 0.3) is 0 Å². The summed E-state index contributed by atoms with van der Waals surface area (Å²) in [4.78, 5) is 0. The summed E-state index contributed by atoms with van der Waals surface area (Å²) in [6.45, 7) is 2.33. The summed E-state index contributed by atoms with van der Waals surface area (Å²) in [5, 5.41) is 4.91. The number of aromatic nitrogens is 1. The van der Waals surface area contributed by atoms with E-state index in [9.17, 15) is 0 Å². The zero-order valence-electron chi connectivity index (χ0n) is 8.50. The van der Waals surface area contributed by atoms with Crippen LogP contribution in [0, 0.1) is 5.92 Å². The average molecular weight is 258 g/mol. The van der Waals surface area contributed by atoms with Crippen molar-refractivity contribution in [3.63, 3.8) is 0 Å². The first kappa shape index (κ1) is 10.2. The Bertz CT molecular complexity index is 297. The van der Waals surface area contributed by atoms with Crippen molar-refractivity contribution in [3.05, 3.63) is 17.5 Å². The average Bonchev–Trinajstić information content (AvgIpc) is 2.66. The standard InChI is InChI=1S/C11H16BrNO/c1-8-3-2-4-9(5-8)11-6-10(7-12)14-13-11/h6,8-9H,2-5,7H2,1H3. The fourth-order valence-electron chi connectivity index (χ4n) is 2.29. The molecule has 0 radical (unpaired) electrons. The van der Waals surface area contributed by atoms with Crippen LogP contribution in [0.15, 0.2) is 10.6 Å². The summed E-state index contributed by atoms with van der Waals surface area (Å²) >= 11 is 3.37. The smallest absolute Gasteiger partial charge is 0.147 e. The number of hydrogen-bond acceptors (Lipinski definition) is 2. The quantitative estimate of drug-likeness (QED) is 0.753. The number of nitrogens with zero attached hydrogens (tertiary/aromatic N) is 1. The molecule has 2 unspecified atom stereocenters. The van der Waals surface area contributed by atoms with Gasteiger partial charge in [0.1, 0.15) is 5.76 Å². The van der Waals surface area contributed by atoms with Gasteiger partial charge in [-0.2, -0.15) is 0 Å². The molecule has 0 aromatic carbocycles. The van der Waals surface area contributed by atoms with E-state index < -0.39 is 0 Å². The van der Waals surface area contributed by atoms with Crippen molar-refractivity contribution in [2.75, 3.05) is 0 Å². The molecule has 1 heterocycles. The van der Waals surface area contributed by atoms with Gasteiger partial charge in [0.2, 0.25) is 0 Å². The normalized spacial score (nSPS) is 27.9. The molecule has 1 aromatic rings. The van der Waals surface area contributed by atoms with E-state index in [1.54, 1.807) is 0 Å². The Hall–Kier alpha value is -0.310. The van der Waals surface area contributed by atoms with Gasteiger partial charge in [-0.3, -0.25) is 0 Å². The van der Waals surface area contributed by atoms with E-state index in [4.69, 9.17) is 4.52 Å². The van der Waals surface area contributed by atoms with Crippen LogP contribution in [-0.4, -0.2) is 5.16 Å². The highest BCUT2D eigenvalue weighted by Gasteiger charge is 2.22. The largest absolute Gasteiger partial charge is 0.360 e. The Morgan fingerprint density at radius 3 is 3.07 bits per heavy atom. The second-order valence-corrected chi connectivity index (χ2v) is 4.88. The van der Waals surface area contributed by atoms with Crippen molar-refractivity contribution in [3.8, 4) is 0 Å². The third-order valence-electron chi connectivity index (χ3n) is 3.06. The van der Waals surface area contributed by atoms with Crippen molar-refractivity contribution in [2.24, 2.45) is 5.92 Å². The van der Waals surface area contributed by atoms with Crippen molar-refractivity contribution >= 4 is 15.9 Å². The summed E-state index contributed by atoms with van der Waals surface area (Å²) in [5.74, 6) is 2.42. The lowest BCUT2D eigenvalue weighted by molar-refractivity contribution is 0.322. The Balaban J connectivity index is 2.06. The summed E-state index contributed by atoms with van der Waals surface area (Å²) in [6, 6.07) is 2.09. The van der Waals surface area contributed by atoms with Gasteiger partial charge >= 0.3 is 0 Å². The molecule has 3 heteroatoms. The molecule has 0 N–H and O–H groups in total. The fourth-order valence-corrected chi connectivity index (χ4v) is 2.55. The van der Waals surface area contributed by atoms with Gasteiger partial charge in [0, 0.05) is 12.0 Å². The van der Waals surface area contributed by atoms with E-state index in [1.807, 2.05) is 0 Å².